The minimum absolute atomic E-state index is 0.109. The van der Waals surface area contributed by atoms with Crippen molar-refractivity contribution in [1.29, 1.82) is 0 Å². The molecule has 3 amide bonds. The van der Waals surface area contributed by atoms with Crippen molar-refractivity contribution in [2.24, 2.45) is 5.92 Å². The Balaban J connectivity index is 2.61. The largest absolute Gasteiger partial charge is 0.504 e. The number of aliphatic carboxylic acids is 1. The molecule has 0 saturated carbocycles. The lowest BCUT2D eigenvalue weighted by Gasteiger charge is -2.35. The van der Waals surface area contributed by atoms with Gasteiger partial charge in [-0.1, -0.05) is 19.9 Å². The number of carbonyl (C=O) groups excluding carboxylic acids is 3. The molecule has 188 valence electrons. The first kappa shape index (κ1) is 26.9. The standard InChI is InChI=1S/C22H32N4O8/c1-10(2)15-19(31)26-18(21(33)24-9-14(28)29)22(3,4)34-13-8-11(6-7-12(13)27)17(30)16(23-5)20(32)25-15/h6-8,10,15-18,23,27,30H,9H2,1-5H3,(H,24,33)(H,25,32)(H,26,31)(H,28,29)/t15-,16-,17+,18+/m0/s1. The minimum Gasteiger partial charge on any atom is -0.504 e. The summed E-state index contributed by atoms with van der Waals surface area (Å²) in [5, 5.41) is 40.2. The van der Waals surface area contributed by atoms with Crippen LogP contribution in [0.2, 0.25) is 0 Å². The average Bonchev–Trinajstić information content (AvgIpc) is 2.74. The summed E-state index contributed by atoms with van der Waals surface area (Å²) >= 11 is 0. The van der Waals surface area contributed by atoms with E-state index in [1.54, 1.807) is 13.8 Å². The molecule has 0 saturated heterocycles. The van der Waals surface area contributed by atoms with Gasteiger partial charge in [-0.2, -0.15) is 0 Å². The van der Waals surface area contributed by atoms with Gasteiger partial charge < -0.3 is 41.3 Å². The van der Waals surface area contributed by atoms with Crippen LogP contribution in [-0.4, -0.2) is 76.3 Å². The quantitative estimate of drug-likeness (QED) is 0.278. The molecule has 0 spiro atoms. The maximum Gasteiger partial charge on any atom is 0.322 e. The molecular weight excluding hydrogens is 448 g/mol. The second-order valence-corrected chi connectivity index (χ2v) is 8.93. The second-order valence-electron chi connectivity index (χ2n) is 8.93. The topological polar surface area (TPSA) is 186 Å². The number of amides is 3. The molecule has 0 fully saturated rings. The van der Waals surface area contributed by atoms with E-state index in [0.717, 1.165) is 0 Å². The summed E-state index contributed by atoms with van der Waals surface area (Å²) in [5.74, 6) is -4.32. The number of benzene rings is 1. The van der Waals surface area contributed by atoms with Crippen LogP contribution in [-0.2, 0) is 19.2 Å². The maximum absolute atomic E-state index is 13.2. The van der Waals surface area contributed by atoms with Crippen LogP contribution in [0.4, 0.5) is 0 Å². The number of fused-ring (bicyclic) bond motifs is 2. The SMILES string of the molecule is CN[C@@H]1C(=O)N[C@@H](C(C)C)C(=O)N[C@H](C(=O)NCC(=O)O)C(C)(C)Oc2cc(ccc2O)[C@H]1O. The number of carboxylic acids is 1. The molecule has 2 rings (SSSR count). The summed E-state index contributed by atoms with van der Waals surface area (Å²) in [5.41, 5.74) is -1.26. The van der Waals surface area contributed by atoms with Crippen molar-refractivity contribution in [3.63, 3.8) is 0 Å². The van der Waals surface area contributed by atoms with Crippen molar-refractivity contribution in [2.75, 3.05) is 13.6 Å². The summed E-state index contributed by atoms with van der Waals surface area (Å²) in [7, 11) is 1.47. The van der Waals surface area contributed by atoms with Crippen LogP contribution in [0.25, 0.3) is 0 Å². The Morgan fingerprint density at radius 1 is 1.18 bits per heavy atom. The van der Waals surface area contributed by atoms with Crippen LogP contribution < -0.4 is 26.0 Å². The zero-order valence-electron chi connectivity index (χ0n) is 19.7. The molecule has 0 unspecified atom stereocenters. The molecule has 1 aromatic carbocycles. The highest BCUT2D eigenvalue weighted by Gasteiger charge is 2.42. The Kier molecular flexibility index (Phi) is 8.46. The number of rotatable bonds is 5. The third kappa shape index (κ3) is 6.14. The third-order valence-electron chi connectivity index (χ3n) is 5.51. The van der Waals surface area contributed by atoms with E-state index in [1.165, 1.54) is 39.1 Å². The van der Waals surface area contributed by atoms with Gasteiger partial charge in [-0.3, -0.25) is 19.2 Å². The summed E-state index contributed by atoms with van der Waals surface area (Å²) in [6.07, 6.45) is -1.36. The molecule has 4 atom stereocenters. The highest BCUT2D eigenvalue weighted by atomic mass is 16.5. The smallest absolute Gasteiger partial charge is 0.322 e. The lowest BCUT2D eigenvalue weighted by molar-refractivity contribution is -0.140. The summed E-state index contributed by atoms with van der Waals surface area (Å²) in [6.45, 7) is 5.63. The van der Waals surface area contributed by atoms with Crippen molar-refractivity contribution in [3.8, 4) is 11.5 Å². The first-order valence-corrected chi connectivity index (χ1v) is 10.8. The van der Waals surface area contributed by atoms with Crippen LogP contribution in [0.1, 0.15) is 39.4 Å². The van der Waals surface area contributed by atoms with E-state index in [9.17, 15) is 29.4 Å². The van der Waals surface area contributed by atoms with E-state index in [4.69, 9.17) is 9.84 Å². The predicted molar refractivity (Wildman–Crippen MR) is 120 cm³/mol. The van der Waals surface area contributed by atoms with E-state index in [1.807, 2.05) is 0 Å². The van der Waals surface area contributed by atoms with E-state index in [-0.39, 0.29) is 17.1 Å². The van der Waals surface area contributed by atoms with Crippen molar-refractivity contribution in [3.05, 3.63) is 23.8 Å². The van der Waals surface area contributed by atoms with Gasteiger partial charge in [-0.25, -0.2) is 0 Å². The van der Waals surface area contributed by atoms with Crippen LogP contribution in [0, 0.1) is 5.92 Å². The molecule has 1 aliphatic rings. The zero-order chi connectivity index (χ0) is 25.8. The predicted octanol–water partition coefficient (Wildman–Crippen LogP) is -0.989. The summed E-state index contributed by atoms with van der Waals surface area (Å²) in [6, 6.07) is 0.367. The Morgan fingerprint density at radius 2 is 1.82 bits per heavy atom. The number of likely N-dealkylation sites (N-methyl/N-ethyl adjacent to an activating group) is 1. The Hall–Kier alpha value is -3.38. The molecule has 1 heterocycles. The van der Waals surface area contributed by atoms with Gasteiger partial charge >= 0.3 is 5.97 Å². The second kappa shape index (κ2) is 10.7. The highest BCUT2D eigenvalue weighted by Crippen LogP contribution is 2.34. The van der Waals surface area contributed by atoms with Gasteiger partial charge in [0, 0.05) is 0 Å². The molecule has 1 aromatic rings. The molecular formula is C22H32N4O8. The lowest BCUT2D eigenvalue weighted by Crippen LogP contribution is -2.64. The van der Waals surface area contributed by atoms with Crippen molar-refractivity contribution < 1.29 is 39.2 Å². The fraction of sp³-hybridized carbons (Fsp3) is 0.545. The molecule has 12 heteroatoms. The van der Waals surface area contributed by atoms with Gasteiger partial charge in [0.15, 0.2) is 11.5 Å². The molecule has 0 radical (unpaired) electrons. The first-order valence-electron chi connectivity index (χ1n) is 10.8. The zero-order valence-corrected chi connectivity index (χ0v) is 19.7. The third-order valence-corrected chi connectivity index (χ3v) is 5.51. The fourth-order valence-electron chi connectivity index (χ4n) is 3.59. The van der Waals surface area contributed by atoms with Gasteiger partial charge in [-0.15, -0.1) is 0 Å². The Labute approximate surface area is 197 Å². The number of phenols is 1. The van der Waals surface area contributed by atoms with Gasteiger partial charge in [-0.05, 0) is 44.5 Å². The average molecular weight is 481 g/mol. The molecule has 7 N–H and O–H groups in total. The highest BCUT2D eigenvalue weighted by molar-refractivity contribution is 5.94. The van der Waals surface area contributed by atoms with Gasteiger partial charge in [0.1, 0.15) is 36.4 Å². The van der Waals surface area contributed by atoms with Crippen molar-refractivity contribution in [2.45, 2.75) is 57.5 Å². The van der Waals surface area contributed by atoms with Gasteiger partial charge in [0.25, 0.3) is 0 Å². The number of aliphatic hydroxyl groups excluding tert-OH is 1. The lowest BCUT2D eigenvalue weighted by atomic mass is 9.95. The number of hydrogen-bond acceptors (Lipinski definition) is 8. The van der Waals surface area contributed by atoms with Crippen LogP contribution in [0.3, 0.4) is 0 Å². The monoisotopic (exact) mass is 480 g/mol. The summed E-state index contributed by atoms with van der Waals surface area (Å²) < 4.78 is 5.91. The van der Waals surface area contributed by atoms with Gasteiger partial charge in [0.05, 0.1) is 0 Å². The molecule has 0 aliphatic carbocycles. The molecule has 2 bridgehead atoms. The summed E-state index contributed by atoms with van der Waals surface area (Å²) in [4.78, 5) is 50.0. The normalized spacial score (nSPS) is 25.0. The number of hydrogen-bond donors (Lipinski definition) is 7. The number of carboxylic acid groups (broad SMARTS) is 1. The number of ether oxygens (including phenoxy) is 1. The number of phenolic OH excluding ortho intramolecular Hbond substituents is 1. The number of carbonyl (C=O) groups is 4. The molecule has 0 aromatic heterocycles. The van der Waals surface area contributed by atoms with E-state index >= 15 is 0 Å². The van der Waals surface area contributed by atoms with Crippen LogP contribution in [0.15, 0.2) is 18.2 Å². The van der Waals surface area contributed by atoms with E-state index < -0.39 is 66.0 Å². The van der Waals surface area contributed by atoms with E-state index in [2.05, 4.69) is 21.3 Å². The number of aromatic hydroxyl groups is 1. The molecule has 1 aliphatic heterocycles. The van der Waals surface area contributed by atoms with E-state index in [0.29, 0.717) is 0 Å². The minimum atomic E-state index is -1.50. The van der Waals surface area contributed by atoms with Crippen molar-refractivity contribution >= 4 is 23.7 Å². The first-order chi connectivity index (χ1) is 15.8. The van der Waals surface area contributed by atoms with Crippen LogP contribution in [0.5, 0.6) is 11.5 Å². The van der Waals surface area contributed by atoms with Gasteiger partial charge in [0.2, 0.25) is 17.7 Å². The number of aliphatic hydroxyl groups is 1. The van der Waals surface area contributed by atoms with Crippen molar-refractivity contribution in [1.82, 2.24) is 21.3 Å². The van der Waals surface area contributed by atoms with Crippen LogP contribution >= 0.6 is 0 Å². The Morgan fingerprint density at radius 3 is 2.38 bits per heavy atom. The number of nitrogens with one attached hydrogen (secondary N) is 4. The molecule has 34 heavy (non-hydrogen) atoms. The fourth-order valence-corrected chi connectivity index (χ4v) is 3.59. The maximum atomic E-state index is 13.2. The Bertz CT molecular complexity index is 949. The molecule has 12 nitrogen and oxygen atoms in total.